The summed E-state index contributed by atoms with van der Waals surface area (Å²) in [5, 5.41) is 3.73. The van der Waals surface area contributed by atoms with Gasteiger partial charge in [0.1, 0.15) is 0 Å². The van der Waals surface area contributed by atoms with Crippen molar-refractivity contribution in [2.24, 2.45) is 28.7 Å². The zero-order valence-corrected chi connectivity index (χ0v) is 8.28. The Morgan fingerprint density at radius 3 is 2.62 bits per heavy atom. The zero-order chi connectivity index (χ0) is 9.10. The predicted molar refractivity (Wildman–Crippen MR) is 55.5 cm³/mol. The van der Waals surface area contributed by atoms with E-state index in [4.69, 9.17) is 5.84 Å². The van der Waals surface area contributed by atoms with Crippen LogP contribution in [0.4, 0.5) is 0 Å². The van der Waals surface area contributed by atoms with Crippen LogP contribution in [0.3, 0.4) is 0 Å². The average molecular weight is 180 g/mol. The van der Waals surface area contributed by atoms with Crippen molar-refractivity contribution in [1.82, 2.24) is 0 Å². The molecule has 13 heavy (non-hydrogen) atoms. The minimum absolute atomic E-state index is 0.698. The van der Waals surface area contributed by atoms with Crippen LogP contribution in [0.2, 0.25) is 0 Å². The third-order valence-electron chi connectivity index (χ3n) is 3.91. The van der Waals surface area contributed by atoms with Gasteiger partial charge in [-0.2, -0.15) is 5.10 Å². The maximum absolute atomic E-state index is 5.25. The first kappa shape index (κ1) is 9.04. The van der Waals surface area contributed by atoms with Gasteiger partial charge in [-0.3, -0.25) is 0 Å². The maximum atomic E-state index is 5.25. The van der Waals surface area contributed by atoms with Crippen molar-refractivity contribution in [2.75, 3.05) is 0 Å². The second-order valence-electron chi connectivity index (χ2n) is 4.60. The van der Waals surface area contributed by atoms with Gasteiger partial charge in [-0.05, 0) is 30.6 Å². The lowest BCUT2D eigenvalue weighted by Gasteiger charge is -2.39. The Bertz CT molecular complexity index is 187. The molecule has 0 radical (unpaired) electrons. The number of fused-ring (bicyclic) bond motifs is 1. The summed E-state index contributed by atoms with van der Waals surface area (Å²) in [6, 6.07) is 0. The molecule has 0 aromatic carbocycles. The quantitative estimate of drug-likeness (QED) is 0.376. The molecular weight excluding hydrogens is 160 g/mol. The van der Waals surface area contributed by atoms with Gasteiger partial charge in [-0.25, -0.2) is 0 Å². The number of nitrogens with zero attached hydrogens (tertiary/aromatic N) is 1. The van der Waals surface area contributed by atoms with Crippen LogP contribution in [-0.2, 0) is 0 Å². The Kier molecular flexibility index (Phi) is 2.87. The molecule has 0 spiro atoms. The van der Waals surface area contributed by atoms with Crippen molar-refractivity contribution < 1.29 is 0 Å². The van der Waals surface area contributed by atoms with Crippen LogP contribution in [0.1, 0.15) is 44.9 Å². The Balaban J connectivity index is 2.02. The van der Waals surface area contributed by atoms with Crippen molar-refractivity contribution >= 4 is 6.21 Å². The zero-order valence-electron chi connectivity index (χ0n) is 8.28. The van der Waals surface area contributed by atoms with E-state index in [2.05, 4.69) is 5.10 Å². The summed E-state index contributed by atoms with van der Waals surface area (Å²) in [5.41, 5.74) is 0. The molecule has 0 aromatic rings. The predicted octanol–water partition coefficient (Wildman–Crippen LogP) is 2.54. The molecule has 2 saturated carbocycles. The molecule has 74 valence electrons. The number of rotatable bonds is 1. The third-order valence-corrected chi connectivity index (χ3v) is 3.91. The standard InChI is InChI=1S/C11H20N2/c12-13-8-10-6-3-5-9-4-1-2-7-11(9)10/h8-11H,1-7,12H2/b13-8+. The van der Waals surface area contributed by atoms with Gasteiger partial charge in [0.2, 0.25) is 0 Å². The van der Waals surface area contributed by atoms with Gasteiger partial charge < -0.3 is 5.84 Å². The molecule has 2 rings (SSSR count). The molecule has 2 heteroatoms. The average Bonchev–Trinajstić information content (AvgIpc) is 2.19. The van der Waals surface area contributed by atoms with Gasteiger partial charge in [0, 0.05) is 6.21 Å². The van der Waals surface area contributed by atoms with Crippen LogP contribution >= 0.6 is 0 Å². The van der Waals surface area contributed by atoms with Crippen LogP contribution < -0.4 is 5.84 Å². The molecule has 0 aromatic heterocycles. The first-order valence-electron chi connectivity index (χ1n) is 5.65. The fourth-order valence-corrected chi connectivity index (χ4v) is 3.28. The number of hydrogen-bond donors (Lipinski definition) is 1. The van der Waals surface area contributed by atoms with E-state index < -0.39 is 0 Å². The molecule has 2 aliphatic rings. The minimum Gasteiger partial charge on any atom is -0.324 e. The molecular formula is C11H20N2. The Hall–Kier alpha value is -0.530. The van der Waals surface area contributed by atoms with Gasteiger partial charge in [-0.1, -0.05) is 32.1 Å². The number of hydrazone groups is 1. The van der Waals surface area contributed by atoms with Crippen molar-refractivity contribution in [2.45, 2.75) is 44.9 Å². The van der Waals surface area contributed by atoms with E-state index in [1.165, 1.54) is 44.9 Å². The van der Waals surface area contributed by atoms with Gasteiger partial charge in [0.05, 0.1) is 0 Å². The molecule has 2 aliphatic carbocycles. The van der Waals surface area contributed by atoms with Crippen LogP contribution in [0.5, 0.6) is 0 Å². The van der Waals surface area contributed by atoms with Crippen LogP contribution in [0.15, 0.2) is 5.10 Å². The highest BCUT2D eigenvalue weighted by Gasteiger charge is 2.33. The SMILES string of the molecule is N/N=C/C1CCCC2CCCCC12. The summed E-state index contributed by atoms with van der Waals surface area (Å²) >= 11 is 0. The van der Waals surface area contributed by atoms with E-state index >= 15 is 0 Å². The van der Waals surface area contributed by atoms with E-state index in [-0.39, 0.29) is 0 Å². The second-order valence-corrected chi connectivity index (χ2v) is 4.60. The van der Waals surface area contributed by atoms with E-state index in [0.29, 0.717) is 5.92 Å². The third kappa shape index (κ3) is 1.87. The largest absolute Gasteiger partial charge is 0.324 e. The van der Waals surface area contributed by atoms with E-state index in [1.54, 1.807) is 0 Å². The Morgan fingerprint density at radius 2 is 1.77 bits per heavy atom. The smallest absolute Gasteiger partial charge is 0.0274 e. The molecule has 0 heterocycles. The monoisotopic (exact) mass is 180 g/mol. The highest BCUT2D eigenvalue weighted by molar-refractivity contribution is 5.61. The van der Waals surface area contributed by atoms with Crippen LogP contribution in [-0.4, -0.2) is 6.21 Å². The fourth-order valence-electron chi connectivity index (χ4n) is 3.28. The molecule has 2 nitrogen and oxygen atoms in total. The summed E-state index contributed by atoms with van der Waals surface area (Å²) in [4.78, 5) is 0. The first-order chi connectivity index (χ1) is 6.42. The Labute approximate surface area is 80.6 Å². The van der Waals surface area contributed by atoms with Crippen LogP contribution in [0.25, 0.3) is 0 Å². The highest BCUT2D eigenvalue weighted by atomic mass is 15.1. The van der Waals surface area contributed by atoms with E-state index in [1.807, 2.05) is 6.21 Å². The summed E-state index contributed by atoms with van der Waals surface area (Å²) in [7, 11) is 0. The Morgan fingerprint density at radius 1 is 1.00 bits per heavy atom. The van der Waals surface area contributed by atoms with Crippen molar-refractivity contribution in [3.05, 3.63) is 0 Å². The molecule has 0 amide bonds. The molecule has 0 bridgehead atoms. The normalized spacial score (nSPS) is 40.5. The fraction of sp³-hybridized carbons (Fsp3) is 0.909. The lowest BCUT2D eigenvalue weighted by molar-refractivity contribution is 0.141. The van der Waals surface area contributed by atoms with Crippen molar-refractivity contribution in [1.29, 1.82) is 0 Å². The van der Waals surface area contributed by atoms with E-state index in [9.17, 15) is 0 Å². The summed E-state index contributed by atoms with van der Waals surface area (Å²) < 4.78 is 0. The topological polar surface area (TPSA) is 38.4 Å². The van der Waals surface area contributed by atoms with E-state index in [0.717, 1.165) is 11.8 Å². The number of hydrogen-bond acceptors (Lipinski definition) is 2. The van der Waals surface area contributed by atoms with Crippen molar-refractivity contribution in [3.8, 4) is 0 Å². The summed E-state index contributed by atoms with van der Waals surface area (Å²) in [6.45, 7) is 0. The molecule has 2 N–H and O–H groups in total. The van der Waals surface area contributed by atoms with Crippen molar-refractivity contribution in [3.63, 3.8) is 0 Å². The van der Waals surface area contributed by atoms with Crippen LogP contribution in [0, 0.1) is 17.8 Å². The number of nitrogens with two attached hydrogens (primary N) is 1. The molecule has 3 atom stereocenters. The maximum Gasteiger partial charge on any atom is 0.0274 e. The lowest BCUT2D eigenvalue weighted by atomic mass is 9.66. The second kappa shape index (κ2) is 4.12. The molecule has 0 saturated heterocycles. The van der Waals surface area contributed by atoms with Gasteiger partial charge >= 0.3 is 0 Å². The summed E-state index contributed by atoms with van der Waals surface area (Å²) in [6.07, 6.45) is 11.9. The highest BCUT2D eigenvalue weighted by Crippen LogP contribution is 2.42. The molecule has 3 unspecified atom stereocenters. The molecule has 2 fully saturated rings. The lowest BCUT2D eigenvalue weighted by Crippen LogP contribution is -2.31. The van der Waals surface area contributed by atoms with Gasteiger partial charge in [0.25, 0.3) is 0 Å². The first-order valence-corrected chi connectivity index (χ1v) is 5.65. The van der Waals surface area contributed by atoms with Gasteiger partial charge in [-0.15, -0.1) is 0 Å². The summed E-state index contributed by atoms with van der Waals surface area (Å²) in [5.74, 6) is 7.85. The molecule has 0 aliphatic heterocycles. The minimum atomic E-state index is 0.698. The van der Waals surface area contributed by atoms with Gasteiger partial charge in [0.15, 0.2) is 0 Å².